The number of nitrogens with zero attached hydrogens (tertiary/aromatic N) is 1. The van der Waals surface area contributed by atoms with E-state index in [1.165, 1.54) is 0 Å². The molecule has 2 aliphatic carbocycles. The molecular formula is C36H43IN2O5. The second-order valence-corrected chi connectivity index (χ2v) is 14.9. The van der Waals surface area contributed by atoms with Crippen LogP contribution in [0.4, 0.5) is 5.69 Å². The standard InChI is InChI=1S/C36H43IN2O5/c1-8-39-25-16-35(4,5)18-27(40)32(25)31(33-26(39)17-36(6,7)19-28(33)41)22-14-24(37)34(29(15-22)43-9-2)44-20-30(42)38-23-12-10-21(3)11-13-23/h10-15,31H,8-9,16-20H2,1-7H3,(H,38,42). The number of amides is 1. The number of allylic oxidation sites excluding steroid dienone is 4. The minimum Gasteiger partial charge on any atom is -0.490 e. The van der Waals surface area contributed by atoms with Crippen LogP contribution < -0.4 is 14.8 Å². The van der Waals surface area contributed by atoms with Crippen molar-refractivity contribution in [2.75, 3.05) is 25.1 Å². The lowest BCUT2D eigenvalue weighted by Gasteiger charge is -2.49. The van der Waals surface area contributed by atoms with E-state index in [-0.39, 0.29) is 34.9 Å². The summed E-state index contributed by atoms with van der Waals surface area (Å²) in [6.07, 6.45) is 2.43. The zero-order chi connectivity index (χ0) is 32.0. The van der Waals surface area contributed by atoms with E-state index in [4.69, 9.17) is 9.47 Å². The average molecular weight is 711 g/mol. The van der Waals surface area contributed by atoms with E-state index in [1.807, 2.05) is 50.2 Å². The molecule has 8 heteroatoms. The molecule has 3 aliphatic rings. The molecule has 0 unspecified atom stereocenters. The number of hydrogen-bond donors (Lipinski definition) is 1. The molecule has 2 aromatic rings. The monoisotopic (exact) mass is 710 g/mol. The Morgan fingerprint density at radius 1 is 0.909 bits per heavy atom. The fourth-order valence-electron chi connectivity index (χ4n) is 6.89. The minimum atomic E-state index is -0.471. The van der Waals surface area contributed by atoms with Gasteiger partial charge in [-0.15, -0.1) is 0 Å². The Bertz CT molecular complexity index is 1510. The van der Waals surface area contributed by atoms with E-state index in [1.54, 1.807) is 0 Å². The van der Waals surface area contributed by atoms with Crippen molar-refractivity contribution >= 4 is 45.8 Å². The van der Waals surface area contributed by atoms with E-state index < -0.39 is 5.92 Å². The summed E-state index contributed by atoms with van der Waals surface area (Å²) in [5, 5.41) is 2.87. The highest BCUT2D eigenvalue weighted by molar-refractivity contribution is 14.1. The molecule has 1 heterocycles. The molecule has 0 saturated heterocycles. The van der Waals surface area contributed by atoms with Crippen LogP contribution in [-0.4, -0.2) is 42.1 Å². The Morgan fingerprint density at radius 3 is 2.00 bits per heavy atom. The zero-order valence-electron chi connectivity index (χ0n) is 26.9. The summed E-state index contributed by atoms with van der Waals surface area (Å²) < 4.78 is 12.9. The lowest BCUT2D eigenvalue weighted by molar-refractivity contribution is -0.120. The van der Waals surface area contributed by atoms with Gasteiger partial charge in [-0.25, -0.2) is 0 Å². The number of halogens is 1. The van der Waals surface area contributed by atoms with Crippen LogP contribution in [0.5, 0.6) is 11.5 Å². The number of ketones is 2. The molecule has 0 atom stereocenters. The van der Waals surface area contributed by atoms with Gasteiger partial charge in [-0.05, 0) is 96.9 Å². The Balaban J connectivity index is 1.56. The van der Waals surface area contributed by atoms with Gasteiger partial charge in [0.15, 0.2) is 29.7 Å². The highest BCUT2D eigenvalue weighted by atomic mass is 127. The molecule has 1 N–H and O–H groups in total. The summed E-state index contributed by atoms with van der Waals surface area (Å²) in [4.78, 5) is 43.0. The van der Waals surface area contributed by atoms with Crippen molar-refractivity contribution in [1.82, 2.24) is 4.90 Å². The van der Waals surface area contributed by atoms with Crippen LogP contribution in [0.3, 0.4) is 0 Å². The molecule has 0 aromatic heterocycles. The van der Waals surface area contributed by atoms with Crippen LogP contribution in [0, 0.1) is 21.3 Å². The van der Waals surface area contributed by atoms with E-state index in [9.17, 15) is 14.4 Å². The van der Waals surface area contributed by atoms with Crippen LogP contribution in [-0.2, 0) is 14.4 Å². The third-order valence-corrected chi connectivity index (χ3v) is 9.49. The van der Waals surface area contributed by atoms with Crippen LogP contribution in [0.1, 0.15) is 84.3 Å². The number of Topliss-reactive ketones (excluding diaryl/α,β-unsaturated/α-hetero) is 2. The number of benzene rings is 2. The number of carbonyl (C=O) groups excluding carboxylic acids is 3. The Hall–Kier alpha value is -3.14. The molecule has 0 radical (unpaired) electrons. The number of carbonyl (C=O) groups is 3. The molecule has 7 nitrogen and oxygen atoms in total. The van der Waals surface area contributed by atoms with Crippen LogP contribution in [0.15, 0.2) is 58.9 Å². The number of nitrogens with one attached hydrogen (secondary N) is 1. The summed E-state index contributed by atoms with van der Waals surface area (Å²) in [7, 11) is 0. The van der Waals surface area contributed by atoms with Crippen LogP contribution in [0.2, 0.25) is 0 Å². The van der Waals surface area contributed by atoms with E-state index in [2.05, 4.69) is 67.4 Å². The van der Waals surface area contributed by atoms with Crippen molar-refractivity contribution in [3.05, 3.63) is 73.6 Å². The number of anilines is 1. The highest BCUT2D eigenvalue weighted by Crippen LogP contribution is 2.55. The number of aryl methyl sites for hydroxylation is 1. The lowest BCUT2D eigenvalue weighted by Crippen LogP contribution is -2.44. The predicted octanol–water partition coefficient (Wildman–Crippen LogP) is 7.72. The van der Waals surface area contributed by atoms with Gasteiger partial charge in [0.05, 0.1) is 10.2 Å². The van der Waals surface area contributed by atoms with Crippen LogP contribution >= 0.6 is 22.6 Å². The first kappa shape index (κ1) is 32.3. The lowest BCUT2D eigenvalue weighted by atomic mass is 9.63. The van der Waals surface area contributed by atoms with Gasteiger partial charge >= 0.3 is 0 Å². The highest BCUT2D eigenvalue weighted by Gasteiger charge is 2.48. The maximum Gasteiger partial charge on any atom is 0.262 e. The van der Waals surface area contributed by atoms with Crippen LogP contribution in [0.25, 0.3) is 0 Å². The number of ether oxygens (including phenoxy) is 2. The molecule has 0 bridgehead atoms. The second kappa shape index (κ2) is 12.3. The van der Waals surface area contributed by atoms with Crippen molar-refractivity contribution in [2.24, 2.45) is 10.8 Å². The first-order valence-electron chi connectivity index (χ1n) is 15.5. The third-order valence-electron chi connectivity index (χ3n) is 8.69. The average Bonchev–Trinajstić information content (AvgIpc) is 2.91. The summed E-state index contributed by atoms with van der Waals surface area (Å²) >= 11 is 2.20. The maximum atomic E-state index is 14.0. The molecule has 44 heavy (non-hydrogen) atoms. The molecule has 0 saturated carbocycles. The Labute approximate surface area is 274 Å². The maximum absolute atomic E-state index is 14.0. The first-order chi connectivity index (χ1) is 20.7. The molecule has 234 valence electrons. The van der Waals surface area contributed by atoms with Gasteiger partial charge < -0.3 is 19.7 Å². The van der Waals surface area contributed by atoms with Gasteiger partial charge in [0.1, 0.15) is 0 Å². The molecule has 0 fully saturated rings. The Kier molecular flexibility index (Phi) is 9.04. The van der Waals surface area contributed by atoms with E-state index in [0.717, 1.165) is 50.1 Å². The van der Waals surface area contributed by atoms with Gasteiger partial charge in [0.25, 0.3) is 5.91 Å². The SMILES string of the molecule is CCOc1cc(C2C3=C(CC(C)(C)CC3=O)N(CC)C3=C2C(=O)CC(C)(C)C3)cc(I)c1OCC(=O)Nc1ccc(C)cc1. The third kappa shape index (κ3) is 6.46. The topological polar surface area (TPSA) is 84.9 Å². The molecule has 2 aromatic carbocycles. The van der Waals surface area contributed by atoms with E-state index in [0.29, 0.717) is 43.2 Å². The van der Waals surface area contributed by atoms with Gasteiger partial charge in [-0.1, -0.05) is 45.4 Å². The summed E-state index contributed by atoms with van der Waals surface area (Å²) in [6.45, 7) is 15.5. The molecule has 0 spiro atoms. The number of hydrogen-bond acceptors (Lipinski definition) is 6. The predicted molar refractivity (Wildman–Crippen MR) is 181 cm³/mol. The fourth-order valence-corrected chi connectivity index (χ4v) is 7.67. The quantitative estimate of drug-likeness (QED) is 0.283. The first-order valence-corrected chi connectivity index (χ1v) is 16.6. The smallest absolute Gasteiger partial charge is 0.262 e. The van der Waals surface area contributed by atoms with E-state index >= 15 is 0 Å². The summed E-state index contributed by atoms with van der Waals surface area (Å²) in [5.74, 6) is 0.416. The zero-order valence-corrected chi connectivity index (χ0v) is 29.0. The minimum absolute atomic E-state index is 0.102. The van der Waals surface area contributed by atoms with Gasteiger partial charge in [-0.2, -0.15) is 0 Å². The second-order valence-electron chi connectivity index (χ2n) is 13.7. The Morgan fingerprint density at radius 2 is 1.48 bits per heavy atom. The van der Waals surface area contributed by atoms with Crippen molar-refractivity contribution < 1.29 is 23.9 Å². The van der Waals surface area contributed by atoms with Gasteiger partial charge in [0, 0.05) is 53.5 Å². The largest absolute Gasteiger partial charge is 0.490 e. The summed E-state index contributed by atoms with van der Waals surface area (Å²) in [6, 6.07) is 11.5. The molecule has 5 rings (SSSR count). The fraction of sp³-hybridized carbons (Fsp3) is 0.472. The summed E-state index contributed by atoms with van der Waals surface area (Å²) in [5.41, 5.74) is 5.89. The van der Waals surface area contributed by atoms with Crippen molar-refractivity contribution in [3.8, 4) is 11.5 Å². The molecule has 1 aliphatic heterocycles. The van der Waals surface area contributed by atoms with Gasteiger partial charge in [-0.3, -0.25) is 14.4 Å². The molecular weight excluding hydrogens is 667 g/mol. The molecule has 1 amide bonds. The normalized spacial score (nSPS) is 19.5. The van der Waals surface area contributed by atoms with Crippen molar-refractivity contribution in [2.45, 2.75) is 80.1 Å². The van der Waals surface area contributed by atoms with Crippen molar-refractivity contribution in [1.29, 1.82) is 0 Å². The number of rotatable bonds is 8. The van der Waals surface area contributed by atoms with Gasteiger partial charge in [0.2, 0.25) is 0 Å². The van der Waals surface area contributed by atoms with Crippen molar-refractivity contribution in [3.63, 3.8) is 0 Å².